The molecular weight excluding hydrogens is 334 g/mol. The SMILES string of the molecule is CC(=O)c1cccc(OCCCC(=O)Nc2ccc(C)c(C(=O)O)c2)c1. The molecule has 2 N–H and O–H groups in total. The van der Waals surface area contributed by atoms with Crippen LogP contribution in [-0.4, -0.2) is 29.4 Å². The monoisotopic (exact) mass is 355 g/mol. The quantitative estimate of drug-likeness (QED) is 0.556. The minimum absolute atomic E-state index is 0.0337. The Morgan fingerprint density at radius 2 is 1.88 bits per heavy atom. The van der Waals surface area contributed by atoms with Crippen molar-refractivity contribution in [3.8, 4) is 5.75 Å². The fourth-order valence-electron chi connectivity index (χ4n) is 2.38. The zero-order chi connectivity index (χ0) is 19.1. The number of amides is 1. The van der Waals surface area contributed by atoms with Crippen molar-refractivity contribution in [2.24, 2.45) is 0 Å². The molecule has 2 aromatic carbocycles. The lowest BCUT2D eigenvalue weighted by Gasteiger charge is -2.09. The summed E-state index contributed by atoms with van der Waals surface area (Å²) in [6, 6.07) is 11.7. The molecule has 136 valence electrons. The lowest BCUT2D eigenvalue weighted by atomic mass is 10.1. The maximum Gasteiger partial charge on any atom is 0.336 e. The maximum atomic E-state index is 12.0. The van der Waals surface area contributed by atoms with Gasteiger partial charge in [0.15, 0.2) is 5.78 Å². The third-order valence-corrected chi connectivity index (χ3v) is 3.81. The summed E-state index contributed by atoms with van der Waals surface area (Å²) in [7, 11) is 0. The number of carbonyl (C=O) groups excluding carboxylic acids is 2. The van der Waals surface area contributed by atoms with Gasteiger partial charge in [-0.3, -0.25) is 9.59 Å². The van der Waals surface area contributed by atoms with Crippen molar-refractivity contribution in [2.45, 2.75) is 26.7 Å². The molecule has 0 unspecified atom stereocenters. The molecule has 2 rings (SSSR count). The standard InChI is InChI=1S/C20H21NO5/c1-13-8-9-16(12-18(13)20(24)25)21-19(23)7-4-10-26-17-6-3-5-15(11-17)14(2)22/h3,5-6,8-9,11-12H,4,7,10H2,1-2H3,(H,21,23)(H,24,25). The van der Waals surface area contributed by atoms with Crippen molar-refractivity contribution in [1.29, 1.82) is 0 Å². The molecule has 0 heterocycles. The first kappa shape index (κ1) is 19.2. The van der Waals surface area contributed by atoms with Gasteiger partial charge in [0.1, 0.15) is 5.75 Å². The highest BCUT2D eigenvalue weighted by atomic mass is 16.5. The molecule has 6 nitrogen and oxygen atoms in total. The average Bonchev–Trinajstić information content (AvgIpc) is 2.60. The number of nitrogens with one attached hydrogen (secondary N) is 1. The molecule has 0 atom stereocenters. The van der Waals surface area contributed by atoms with Crippen LogP contribution >= 0.6 is 0 Å². The van der Waals surface area contributed by atoms with Gasteiger partial charge in [0.25, 0.3) is 0 Å². The number of anilines is 1. The van der Waals surface area contributed by atoms with Crippen LogP contribution in [0, 0.1) is 6.92 Å². The summed E-state index contributed by atoms with van der Waals surface area (Å²) in [5, 5.41) is 11.8. The Morgan fingerprint density at radius 3 is 2.58 bits per heavy atom. The number of benzene rings is 2. The van der Waals surface area contributed by atoms with E-state index in [-0.39, 0.29) is 23.7 Å². The molecule has 0 radical (unpaired) electrons. The molecule has 2 aromatic rings. The van der Waals surface area contributed by atoms with Crippen molar-refractivity contribution >= 4 is 23.3 Å². The van der Waals surface area contributed by atoms with E-state index in [9.17, 15) is 14.4 Å². The topological polar surface area (TPSA) is 92.7 Å². The van der Waals surface area contributed by atoms with Gasteiger partial charge in [-0.25, -0.2) is 4.79 Å². The lowest BCUT2D eigenvalue weighted by Crippen LogP contribution is -2.13. The number of Topliss-reactive ketones (excluding diaryl/α,β-unsaturated/α-hetero) is 1. The third-order valence-electron chi connectivity index (χ3n) is 3.81. The Hall–Kier alpha value is -3.15. The van der Waals surface area contributed by atoms with Gasteiger partial charge in [-0.2, -0.15) is 0 Å². The van der Waals surface area contributed by atoms with E-state index in [0.717, 1.165) is 0 Å². The molecule has 0 aromatic heterocycles. The minimum atomic E-state index is -1.03. The summed E-state index contributed by atoms with van der Waals surface area (Å²) < 4.78 is 5.55. The summed E-state index contributed by atoms with van der Waals surface area (Å²) in [6.07, 6.45) is 0.733. The van der Waals surface area contributed by atoms with Crippen LogP contribution in [0.4, 0.5) is 5.69 Å². The Labute approximate surface area is 151 Å². The molecular formula is C20H21NO5. The Bertz CT molecular complexity index is 829. The number of hydrogen-bond donors (Lipinski definition) is 2. The molecule has 0 aliphatic rings. The lowest BCUT2D eigenvalue weighted by molar-refractivity contribution is -0.116. The Balaban J connectivity index is 1.81. The van der Waals surface area contributed by atoms with E-state index in [1.165, 1.54) is 13.0 Å². The van der Waals surface area contributed by atoms with Crippen molar-refractivity contribution in [1.82, 2.24) is 0 Å². The first-order valence-electron chi connectivity index (χ1n) is 8.24. The summed E-state index contributed by atoms with van der Waals surface area (Å²) in [5.74, 6) is -0.692. The van der Waals surface area contributed by atoms with Gasteiger partial charge in [-0.15, -0.1) is 0 Å². The number of carbonyl (C=O) groups is 3. The normalized spacial score (nSPS) is 10.2. The highest BCUT2D eigenvalue weighted by molar-refractivity contribution is 5.95. The molecule has 0 spiro atoms. The van der Waals surface area contributed by atoms with Crippen molar-refractivity contribution in [3.63, 3.8) is 0 Å². The predicted molar refractivity (Wildman–Crippen MR) is 97.9 cm³/mol. The molecule has 0 saturated carbocycles. The van der Waals surface area contributed by atoms with Crippen LogP contribution in [-0.2, 0) is 4.79 Å². The molecule has 0 aliphatic heterocycles. The van der Waals surface area contributed by atoms with Crippen molar-refractivity contribution in [2.75, 3.05) is 11.9 Å². The first-order valence-corrected chi connectivity index (χ1v) is 8.24. The highest BCUT2D eigenvalue weighted by Crippen LogP contribution is 2.16. The van der Waals surface area contributed by atoms with Crippen molar-refractivity contribution < 1.29 is 24.2 Å². The summed E-state index contributed by atoms with van der Waals surface area (Å²) in [6.45, 7) is 3.53. The number of rotatable bonds is 8. The second-order valence-electron chi connectivity index (χ2n) is 5.92. The van der Waals surface area contributed by atoms with Crippen LogP contribution in [0.1, 0.15) is 46.0 Å². The fraction of sp³-hybridized carbons (Fsp3) is 0.250. The number of carboxylic acids is 1. The fourth-order valence-corrected chi connectivity index (χ4v) is 2.38. The van der Waals surface area contributed by atoms with Crippen LogP contribution in [0.25, 0.3) is 0 Å². The number of carboxylic acid groups (broad SMARTS) is 1. The van der Waals surface area contributed by atoms with Crippen LogP contribution in [0.2, 0.25) is 0 Å². The van der Waals surface area contributed by atoms with Gasteiger partial charge >= 0.3 is 5.97 Å². The molecule has 0 fully saturated rings. The molecule has 0 saturated heterocycles. The Morgan fingerprint density at radius 1 is 1.12 bits per heavy atom. The van der Waals surface area contributed by atoms with E-state index < -0.39 is 5.97 Å². The molecule has 1 amide bonds. The van der Waals surface area contributed by atoms with E-state index in [1.807, 2.05) is 0 Å². The number of ketones is 1. The van der Waals surface area contributed by atoms with Crippen LogP contribution in [0.15, 0.2) is 42.5 Å². The van der Waals surface area contributed by atoms with Crippen LogP contribution in [0.3, 0.4) is 0 Å². The average molecular weight is 355 g/mol. The van der Waals surface area contributed by atoms with E-state index in [4.69, 9.17) is 9.84 Å². The van der Waals surface area contributed by atoms with Gasteiger partial charge in [-0.1, -0.05) is 18.2 Å². The number of aromatic carboxylic acids is 1. The van der Waals surface area contributed by atoms with E-state index in [2.05, 4.69) is 5.32 Å². The van der Waals surface area contributed by atoms with Crippen LogP contribution in [0.5, 0.6) is 5.75 Å². The van der Waals surface area contributed by atoms with Gasteiger partial charge in [0.05, 0.1) is 12.2 Å². The molecule has 6 heteroatoms. The third kappa shape index (κ3) is 5.44. The number of aryl methyl sites for hydroxylation is 1. The van der Waals surface area contributed by atoms with Gasteiger partial charge in [-0.05, 0) is 50.1 Å². The maximum absolute atomic E-state index is 12.0. The van der Waals surface area contributed by atoms with Gasteiger partial charge in [0.2, 0.25) is 5.91 Å². The van der Waals surface area contributed by atoms with Gasteiger partial charge in [0, 0.05) is 17.7 Å². The first-order chi connectivity index (χ1) is 12.4. The minimum Gasteiger partial charge on any atom is -0.494 e. The van der Waals surface area contributed by atoms with Crippen LogP contribution < -0.4 is 10.1 Å². The second-order valence-corrected chi connectivity index (χ2v) is 5.92. The van der Waals surface area contributed by atoms with Gasteiger partial charge < -0.3 is 15.2 Å². The van der Waals surface area contributed by atoms with E-state index in [0.29, 0.717) is 35.6 Å². The molecule has 0 aliphatic carbocycles. The molecule has 26 heavy (non-hydrogen) atoms. The highest BCUT2D eigenvalue weighted by Gasteiger charge is 2.09. The largest absolute Gasteiger partial charge is 0.494 e. The Kier molecular flexibility index (Phi) is 6.49. The summed E-state index contributed by atoms with van der Waals surface area (Å²) >= 11 is 0. The zero-order valence-electron chi connectivity index (χ0n) is 14.7. The number of hydrogen-bond acceptors (Lipinski definition) is 4. The summed E-state index contributed by atoms with van der Waals surface area (Å²) in [5.41, 5.74) is 1.83. The second kappa shape index (κ2) is 8.80. The predicted octanol–water partition coefficient (Wildman–Crippen LogP) is 3.69. The number of ether oxygens (including phenoxy) is 1. The smallest absolute Gasteiger partial charge is 0.336 e. The summed E-state index contributed by atoms with van der Waals surface area (Å²) in [4.78, 5) is 34.4. The van der Waals surface area contributed by atoms with E-state index in [1.54, 1.807) is 43.3 Å². The zero-order valence-corrected chi connectivity index (χ0v) is 14.7. The molecule has 0 bridgehead atoms. The van der Waals surface area contributed by atoms with E-state index >= 15 is 0 Å². The van der Waals surface area contributed by atoms with Crippen molar-refractivity contribution in [3.05, 3.63) is 59.2 Å².